The van der Waals surface area contributed by atoms with Crippen LogP contribution in [-0.2, 0) is 16.6 Å². The van der Waals surface area contributed by atoms with Crippen LogP contribution in [0, 0.1) is 0 Å². The number of hydrogen-bond acceptors (Lipinski definition) is 4. The van der Waals surface area contributed by atoms with Crippen LogP contribution in [0.1, 0.15) is 22.2 Å². The average molecular weight is 371 g/mol. The number of hydrogen-bond donors (Lipinski definition) is 0. The fourth-order valence-corrected chi connectivity index (χ4v) is 4.99. The quantitative estimate of drug-likeness (QED) is 0.606. The highest BCUT2D eigenvalue weighted by Gasteiger charge is 2.26. The van der Waals surface area contributed by atoms with E-state index in [0.29, 0.717) is 9.88 Å². The highest BCUT2D eigenvalue weighted by atomic mass is 32.2. The van der Waals surface area contributed by atoms with Crippen LogP contribution in [0.25, 0.3) is 0 Å². The molecular formula is C19H17NO3S2. The molecule has 3 aromatic rings. The number of ketones is 1. The van der Waals surface area contributed by atoms with Gasteiger partial charge in [0.25, 0.3) is 10.0 Å². The Morgan fingerprint density at radius 2 is 1.52 bits per heavy atom. The number of benzene rings is 2. The van der Waals surface area contributed by atoms with E-state index < -0.39 is 10.0 Å². The number of sulfonamides is 1. The van der Waals surface area contributed by atoms with E-state index in [9.17, 15) is 13.2 Å². The standard InChI is InChI=1S/C19H17NO3S2/c1-15(21)18-12-13-19(24-18)20(14-16-8-4-2-5-9-16)25(22,23)17-10-6-3-7-11-17/h2-13H,14H2,1H3. The molecule has 0 amide bonds. The zero-order valence-electron chi connectivity index (χ0n) is 13.6. The summed E-state index contributed by atoms with van der Waals surface area (Å²) >= 11 is 1.19. The molecule has 0 fully saturated rings. The van der Waals surface area contributed by atoms with Crippen LogP contribution in [0.2, 0.25) is 0 Å². The molecule has 3 rings (SSSR count). The lowest BCUT2D eigenvalue weighted by molar-refractivity contribution is 0.102. The number of rotatable bonds is 6. The van der Waals surface area contributed by atoms with E-state index in [-0.39, 0.29) is 17.2 Å². The van der Waals surface area contributed by atoms with Crippen LogP contribution < -0.4 is 4.31 Å². The van der Waals surface area contributed by atoms with Crippen LogP contribution in [0.3, 0.4) is 0 Å². The molecule has 4 nitrogen and oxygen atoms in total. The van der Waals surface area contributed by atoms with Gasteiger partial charge in [-0.2, -0.15) is 0 Å². The van der Waals surface area contributed by atoms with Gasteiger partial charge in [-0.1, -0.05) is 48.5 Å². The van der Waals surface area contributed by atoms with Crippen molar-refractivity contribution in [1.82, 2.24) is 0 Å². The molecule has 25 heavy (non-hydrogen) atoms. The number of thiophene rings is 1. The van der Waals surface area contributed by atoms with Crippen molar-refractivity contribution in [1.29, 1.82) is 0 Å². The third-order valence-electron chi connectivity index (χ3n) is 3.68. The smallest absolute Gasteiger partial charge is 0.265 e. The zero-order chi connectivity index (χ0) is 17.9. The molecule has 2 aromatic carbocycles. The van der Waals surface area contributed by atoms with Crippen molar-refractivity contribution >= 4 is 32.1 Å². The summed E-state index contributed by atoms with van der Waals surface area (Å²) in [5, 5.41) is 0.526. The van der Waals surface area contributed by atoms with Crippen molar-refractivity contribution in [3.63, 3.8) is 0 Å². The molecule has 0 unspecified atom stereocenters. The molecule has 0 radical (unpaired) electrons. The predicted octanol–water partition coefficient (Wildman–Crippen LogP) is 4.35. The van der Waals surface area contributed by atoms with Gasteiger partial charge in [0.15, 0.2) is 5.78 Å². The Morgan fingerprint density at radius 3 is 2.08 bits per heavy atom. The normalized spacial score (nSPS) is 11.2. The second kappa shape index (κ2) is 7.21. The second-order valence-electron chi connectivity index (χ2n) is 5.50. The molecule has 0 atom stereocenters. The molecule has 0 saturated carbocycles. The minimum atomic E-state index is -3.73. The number of carbonyl (C=O) groups excluding carboxylic acids is 1. The van der Waals surface area contributed by atoms with Crippen LogP contribution in [-0.4, -0.2) is 14.2 Å². The van der Waals surface area contributed by atoms with Crippen molar-refractivity contribution in [3.8, 4) is 0 Å². The molecule has 0 aliphatic carbocycles. The summed E-state index contributed by atoms with van der Waals surface area (Å²) in [4.78, 5) is 12.4. The summed E-state index contributed by atoms with van der Waals surface area (Å²) in [5.74, 6) is -0.0759. The van der Waals surface area contributed by atoms with Gasteiger partial charge in [-0.15, -0.1) is 11.3 Å². The first-order valence-electron chi connectivity index (χ1n) is 7.71. The van der Waals surface area contributed by atoms with Crippen LogP contribution in [0.4, 0.5) is 5.00 Å². The van der Waals surface area contributed by atoms with Gasteiger partial charge in [-0.05, 0) is 36.8 Å². The molecule has 6 heteroatoms. The van der Waals surface area contributed by atoms with E-state index in [1.165, 1.54) is 22.6 Å². The minimum Gasteiger partial charge on any atom is -0.294 e. The third kappa shape index (κ3) is 3.81. The van der Waals surface area contributed by atoms with E-state index >= 15 is 0 Å². The van der Waals surface area contributed by atoms with Crippen molar-refractivity contribution < 1.29 is 13.2 Å². The predicted molar refractivity (Wildman–Crippen MR) is 101 cm³/mol. The topological polar surface area (TPSA) is 54.5 Å². The third-order valence-corrected chi connectivity index (χ3v) is 6.78. The van der Waals surface area contributed by atoms with Gasteiger partial charge in [-0.25, -0.2) is 8.42 Å². The SMILES string of the molecule is CC(=O)c1ccc(N(Cc2ccccc2)S(=O)(=O)c2ccccc2)s1. The van der Waals surface area contributed by atoms with Crippen molar-refractivity contribution in [2.45, 2.75) is 18.4 Å². The number of anilines is 1. The number of Topliss-reactive ketones (excluding diaryl/α,β-unsaturated/α-hetero) is 1. The first-order chi connectivity index (χ1) is 12.0. The summed E-state index contributed by atoms with van der Waals surface area (Å²) in [7, 11) is -3.73. The summed E-state index contributed by atoms with van der Waals surface area (Å²) in [6.07, 6.45) is 0. The molecule has 0 spiro atoms. The van der Waals surface area contributed by atoms with E-state index in [1.54, 1.807) is 42.5 Å². The Morgan fingerprint density at radius 1 is 0.920 bits per heavy atom. The molecule has 0 saturated heterocycles. The molecule has 0 bridgehead atoms. The van der Waals surface area contributed by atoms with E-state index in [0.717, 1.165) is 5.56 Å². The van der Waals surface area contributed by atoms with E-state index in [2.05, 4.69) is 0 Å². The summed E-state index contributed by atoms with van der Waals surface area (Å²) in [5.41, 5.74) is 0.875. The maximum Gasteiger partial charge on any atom is 0.265 e. The van der Waals surface area contributed by atoms with Gasteiger partial charge in [0, 0.05) is 0 Å². The molecule has 0 N–H and O–H groups in total. The molecule has 0 aliphatic rings. The fourth-order valence-electron chi connectivity index (χ4n) is 2.40. The molecular weight excluding hydrogens is 354 g/mol. The summed E-state index contributed by atoms with van der Waals surface area (Å²) in [6.45, 7) is 1.68. The van der Waals surface area contributed by atoms with Gasteiger partial charge in [-0.3, -0.25) is 9.10 Å². The Labute approximate surface area is 151 Å². The van der Waals surface area contributed by atoms with Gasteiger partial charge < -0.3 is 0 Å². The largest absolute Gasteiger partial charge is 0.294 e. The first kappa shape index (κ1) is 17.4. The minimum absolute atomic E-state index is 0.0759. The van der Waals surface area contributed by atoms with E-state index in [4.69, 9.17) is 0 Å². The van der Waals surface area contributed by atoms with E-state index in [1.807, 2.05) is 30.3 Å². The number of nitrogens with zero attached hydrogens (tertiary/aromatic N) is 1. The fraction of sp³-hybridized carbons (Fsp3) is 0.105. The molecule has 1 aromatic heterocycles. The monoisotopic (exact) mass is 371 g/mol. The van der Waals surface area contributed by atoms with Crippen LogP contribution >= 0.6 is 11.3 Å². The van der Waals surface area contributed by atoms with Crippen molar-refractivity contribution in [3.05, 3.63) is 83.2 Å². The Hall–Kier alpha value is -2.44. The second-order valence-corrected chi connectivity index (χ2v) is 8.43. The van der Waals surface area contributed by atoms with Gasteiger partial charge >= 0.3 is 0 Å². The Bertz CT molecular complexity index is 964. The summed E-state index contributed by atoms with van der Waals surface area (Å²) in [6, 6.07) is 21.1. The molecule has 0 aliphatic heterocycles. The van der Waals surface area contributed by atoms with Crippen LogP contribution in [0.5, 0.6) is 0 Å². The lowest BCUT2D eigenvalue weighted by Crippen LogP contribution is -2.29. The lowest BCUT2D eigenvalue weighted by atomic mass is 10.2. The maximum absolute atomic E-state index is 13.2. The highest BCUT2D eigenvalue weighted by Crippen LogP contribution is 2.32. The first-order valence-corrected chi connectivity index (χ1v) is 9.96. The van der Waals surface area contributed by atoms with Crippen LogP contribution in [0.15, 0.2) is 77.7 Å². The highest BCUT2D eigenvalue weighted by molar-refractivity contribution is 7.93. The molecule has 128 valence electrons. The van der Waals surface area contributed by atoms with Gasteiger partial charge in [0.2, 0.25) is 0 Å². The van der Waals surface area contributed by atoms with Crippen molar-refractivity contribution in [2.24, 2.45) is 0 Å². The van der Waals surface area contributed by atoms with Gasteiger partial charge in [0.05, 0.1) is 16.3 Å². The average Bonchev–Trinajstić information content (AvgIpc) is 3.11. The Kier molecular flexibility index (Phi) is 5.01. The zero-order valence-corrected chi connectivity index (χ0v) is 15.3. The summed E-state index contributed by atoms with van der Waals surface area (Å²) < 4.78 is 27.7. The van der Waals surface area contributed by atoms with Gasteiger partial charge in [0.1, 0.15) is 5.00 Å². The van der Waals surface area contributed by atoms with Crippen molar-refractivity contribution in [2.75, 3.05) is 4.31 Å². The maximum atomic E-state index is 13.2. The number of carbonyl (C=O) groups is 1. The molecule has 1 heterocycles. The lowest BCUT2D eigenvalue weighted by Gasteiger charge is -2.23. The Balaban J connectivity index is 2.06.